The number of thiophene rings is 1. The van der Waals surface area contributed by atoms with Crippen LogP contribution < -0.4 is 14.2 Å². The SMILES string of the molecule is COc1cc(C(=O)N2CC(c3nc(-c4cccs4)no3)C2)cc(OC)c1OC. The highest BCUT2D eigenvalue weighted by atomic mass is 32.1. The molecule has 1 aliphatic rings. The van der Waals surface area contributed by atoms with E-state index in [4.69, 9.17) is 18.7 Å². The maximum atomic E-state index is 12.8. The van der Waals surface area contributed by atoms with Crippen LogP contribution in [0.2, 0.25) is 0 Å². The van der Waals surface area contributed by atoms with Crippen LogP contribution >= 0.6 is 11.3 Å². The van der Waals surface area contributed by atoms with Crippen LogP contribution in [0.15, 0.2) is 34.2 Å². The van der Waals surface area contributed by atoms with E-state index in [0.29, 0.717) is 47.6 Å². The quantitative estimate of drug-likeness (QED) is 0.627. The predicted molar refractivity (Wildman–Crippen MR) is 102 cm³/mol. The number of hydrogen-bond acceptors (Lipinski definition) is 8. The van der Waals surface area contributed by atoms with Gasteiger partial charge in [-0.1, -0.05) is 11.2 Å². The highest BCUT2D eigenvalue weighted by Crippen LogP contribution is 2.39. The van der Waals surface area contributed by atoms with E-state index >= 15 is 0 Å². The van der Waals surface area contributed by atoms with Gasteiger partial charge < -0.3 is 23.6 Å². The second kappa shape index (κ2) is 7.51. The van der Waals surface area contributed by atoms with Crippen molar-refractivity contribution >= 4 is 17.2 Å². The summed E-state index contributed by atoms with van der Waals surface area (Å²) < 4.78 is 21.3. The van der Waals surface area contributed by atoms with Crippen molar-refractivity contribution in [3.63, 3.8) is 0 Å². The molecule has 1 aliphatic heterocycles. The van der Waals surface area contributed by atoms with Crippen LogP contribution in [-0.2, 0) is 0 Å². The minimum absolute atomic E-state index is 0.0344. The van der Waals surface area contributed by atoms with Crippen molar-refractivity contribution in [2.45, 2.75) is 5.92 Å². The summed E-state index contributed by atoms with van der Waals surface area (Å²) in [4.78, 5) is 20.0. The Kier molecular flexibility index (Phi) is 4.91. The molecule has 8 nitrogen and oxygen atoms in total. The van der Waals surface area contributed by atoms with Crippen molar-refractivity contribution in [2.24, 2.45) is 0 Å². The van der Waals surface area contributed by atoms with Gasteiger partial charge in [-0.2, -0.15) is 4.98 Å². The van der Waals surface area contributed by atoms with Crippen molar-refractivity contribution < 1.29 is 23.5 Å². The Hall–Kier alpha value is -3.07. The summed E-state index contributed by atoms with van der Waals surface area (Å²) >= 11 is 1.56. The summed E-state index contributed by atoms with van der Waals surface area (Å²) in [5.41, 5.74) is 0.470. The van der Waals surface area contributed by atoms with E-state index in [0.717, 1.165) is 4.88 Å². The van der Waals surface area contributed by atoms with E-state index < -0.39 is 0 Å². The van der Waals surface area contributed by atoms with Crippen molar-refractivity contribution in [2.75, 3.05) is 34.4 Å². The van der Waals surface area contributed by atoms with Crippen molar-refractivity contribution in [1.29, 1.82) is 0 Å². The van der Waals surface area contributed by atoms with Gasteiger partial charge in [0.1, 0.15) is 0 Å². The van der Waals surface area contributed by atoms with Gasteiger partial charge in [0.2, 0.25) is 17.5 Å². The molecule has 3 aromatic rings. The molecule has 2 aromatic heterocycles. The zero-order valence-electron chi connectivity index (χ0n) is 15.7. The average Bonchev–Trinajstić information content (AvgIpc) is 3.37. The first-order valence-electron chi connectivity index (χ1n) is 8.61. The second-order valence-electron chi connectivity index (χ2n) is 6.25. The first-order chi connectivity index (χ1) is 13.6. The molecular formula is C19H19N3O5S. The molecule has 0 aliphatic carbocycles. The number of benzene rings is 1. The van der Waals surface area contributed by atoms with Crippen LogP contribution in [0.5, 0.6) is 17.2 Å². The van der Waals surface area contributed by atoms with Crippen LogP contribution in [0.4, 0.5) is 0 Å². The van der Waals surface area contributed by atoms with E-state index in [9.17, 15) is 4.79 Å². The number of hydrogen-bond donors (Lipinski definition) is 0. The lowest BCUT2D eigenvalue weighted by Crippen LogP contribution is -2.48. The molecular weight excluding hydrogens is 382 g/mol. The summed E-state index contributed by atoms with van der Waals surface area (Å²) in [5, 5.41) is 5.99. The van der Waals surface area contributed by atoms with Crippen molar-refractivity contribution in [1.82, 2.24) is 15.0 Å². The lowest BCUT2D eigenvalue weighted by atomic mass is 9.98. The van der Waals surface area contributed by atoms with Gasteiger partial charge in [-0.25, -0.2) is 0 Å². The third kappa shape index (κ3) is 3.18. The predicted octanol–water partition coefficient (Wildman–Crippen LogP) is 3.06. The van der Waals surface area contributed by atoms with Crippen LogP contribution in [0.25, 0.3) is 10.7 Å². The topological polar surface area (TPSA) is 86.9 Å². The number of likely N-dealkylation sites (tertiary alicyclic amines) is 1. The van der Waals surface area contributed by atoms with Gasteiger partial charge in [-0.3, -0.25) is 4.79 Å². The molecule has 0 radical (unpaired) electrons. The number of ether oxygens (including phenoxy) is 3. The van der Waals surface area contributed by atoms with Gasteiger partial charge in [-0.05, 0) is 23.6 Å². The minimum Gasteiger partial charge on any atom is -0.493 e. The Morgan fingerprint density at radius 1 is 1.18 bits per heavy atom. The second-order valence-corrected chi connectivity index (χ2v) is 7.20. The van der Waals surface area contributed by atoms with Gasteiger partial charge in [0.25, 0.3) is 5.91 Å². The average molecular weight is 401 g/mol. The van der Waals surface area contributed by atoms with E-state index in [-0.39, 0.29) is 11.8 Å². The van der Waals surface area contributed by atoms with Gasteiger partial charge in [0.05, 0.1) is 32.1 Å². The normalized spacial score (nSPS) is 13.9. The number of amides is 1. The third-order valence-electron chi connectivity index (χ3n) is 4.61. The molecule has 146 valence electrons. The smallest absolute Gasteiger partial charge is 0.254 e. The molecule has 0 N–H and O–H groups in total. The Morgan fingerprint density at radius 2 is 1.89 bits per heavy atom. The molecule has 1 saturated heterocycles. The van der Waals surface area contributed by atoms with Crippen LogP contribution in [0.1, 0.15) is 22.2 Å². The summed E-state index contributed by atoms with van der Waals surface area (Å²) in [6.45, 7) is 1.03. The number of rotatable bonds is 6. The van der Waals surface area contributed by atoms with E-state index in [2.05, 4.69) is 10.1 Å². The zero-order valence-corrected chi connectivity index (χ0v) is 16.5. The number of carbonyl (C=O) groups excluding carboxylic acids is 1. The molecule has 0 unspecified atom stereocenters. The highest BCUT2D eigenvalue weighted by molar-refractivity contribution is 7.13. The first kappa shape index (κ1) is 18.3. The monoisotopic (exact) mass is 401 g/mol. The number of aromatic nitrogens is 2. The number of carbonyl (C=O) groups is 1. The van der Waals surface area contributed by atoms with E-state index in [1.807, 2.05) is 17.5 Å². The lowest BCUT2D eigenvalue weighted by molar-refractivity contribution is 0.0568. The van der Waals surface area contributed by atoms with Gasteiger partial charge in [0.15, 0.2) is 11.5 Å². The summed E-state index contributed by atoms with van der Waals surface area (Å²) in [6, 6.07) is 7.19. The largest absolute Gasteiger partial charge is 0.493 e. The van der Waals surface area contributed by atoms with Crippen LogP contribution in [-0.4, -0.2) is 55.4 Å². The fourth-order valence-electron chi connectivity index (χ4n) is 3.09. The standard InChI is InChI=1S/C19H19N3O5S/c1-24-13-7-11(8-14(25-2)16(13)26-3)19(23)22-9-12(10-22)18-20-17(21-27-18)15-5-4-6-28-15/h4-8,12H,9-10H2,1-3H3. The Bertz CT molecular complexity index is 954. The summed E-state index contributed by atoms with van der Waals surface area (Å²) in [6.07, 6.45) is 0. The first-order valence-corrected chi connectivity index (χ1v) is 9.49. The van der Waals surface area contributed by atoms with E-state index in [1.165, 1.54) is 21.3 Å². The number of methoxy groups -OCH3 is 3. The fraction of sp³-hybridized carbons (Fsp3) is 0.316. The molecule has 1 aromatic carbocycles. The molecule has 9 heteroatoms. The molecule has 3 heterocycles. The lowest BCUT2D eigenvalue weighted by Gasteiger charge is -2.37. The maximum Gasteiger partial charge on any atom is 0.254 e. The summed E-state index contributed by atoms with van der Waals surface area (Å²) in [7, 11) is 4.56. The number of nitrogens with zero attached hydrogens (tertiary/aromatic N) is 3. The zero-order chi connectivity index (χ0) is 19.7. The molecule has 0 spiro atoms. The Labute approximate surface area is 165 Å². The van der Waals surface area contributed by atoms with Crippen molar-refractivity contribution in [3.8, 4) is 28.0 Å². The molecule has 0 saturated carbocycles. The van der Waals surface area contributed by atoms with E-state index in [1.54, 1.807) is 28.4 Å². The van der Waals surface area contributed by atoms with Gasteiger partial charge in [0, 0.05) is 18.7 Å². The van der Waals surface area contributed by atoms with Crippen LogP contribution in [0, 0.1) is 0 Å². The van der Waals surface area contributed by atoms with Gasteiger partial charge >= 0.3 is 0 Å². The molecule has 0 atom stereocenters. The highest BCUT2D eigenvalue weighted by Gasteiger charge is 2.36. The maximum absolute atomic E-state index is 12.8. The van der Waals surface area contributed by atoms with Crippen molar-refractivity contribution in [3.05, 3.63) is 41.1 Å². The summed E-state index contributed by atoms with van der Waals surface area (Å²) in [5.74, 6) is 2.40. The van der Waals surface area contributed by atoms with Crippen LogP contribution in [0.3, 0.4) is 0 Å². The molecule has 0 bridgehead atoms. The molecule has 28 heavy (non-hydrogen) atoms. The molecule has 1 amide bonds. The Balaban J connectivity index is 1.47. The third-order valence-corrected chi connectivity index (χ3v) is 5.48. The molecule has 4 rings (SSSR count). The molecule has 1 fully saturated rings. The van der Waals surface area contributed by atoms with Gasteiger partial charge in [-0.15, -0.1) is 11.3 Å². The Morgan fingerprint density at radius 3 is 2.46 bits per heavy atom. The minimum atomic E-state index is -0.117. The fourth-order valence-corrected chi connectivity index (χ4v) is 3.74.